The maximum Gasteiger partial charge on any atom is 0.191 e. The molecule has 0 amide bonds. The third kappa shape index (κ3) is 2.42. The Morgan fingerprint density at radius 1 is 1.31 bits per heavy atom. The molecule has 3 heteroatoms. The molecule has 1 atom stereocenters. The number of ketones is 1. The first kappa shape index (κ1) is 11.6. The summed E-state index contributed by atoms with van der Waals surface area (Å²) >= 11 is 3.33. The van der Waals surface area contributed by atoms with Gasteiger partial charge in [0.05, 0.1) is 6.10 Å². The summed E-state index contributed by atoms with van der Waals surface area (Å²) in [6, 6.07) is 7.22. The Kier molecular flexibility index (Phi) is 3.56. The summed E-state index contributed by atoms with van der Waals surface area (Å²) in [6.45, 7) is 0. The van der Waals surface area contributed by atoms with E-state index >= 15 is 0 Å². The van der Waals surface area contributed by atoms with Crippen LogP contribution >= 0.6 is 15.9 Å². The maximum atomic E-state index is 12.1. The van der Waals surface area contributed by atoms with E-state index < -0.39 is 6.10 Å². The van der Waals surface area contributed by atoms with Gasteiger partial charge in [0.25, 0.3) is 0 Å². The van der Waals surface area contributed by atoms with Crippen LogP contribution in [0.2, 0.25) is 0 Å². The van der Waals surface area contributed by atoms with Crippen LogP contribution in [0, 0.1) is 0 Å². The Bertz CT molecular complexity index is 420. The minimum atomic E-state index is -0.593. The van der Waals surface area contributed by atoms with Crippen molar-refractivity contribution in [3.05, 3.63) is 46.0 Å². The summed E-state index contributed by atoms with van der Waals surface area (Å²) in [5.74, 6) is -0.0558. The zero-order valence-corrected chi connectivity index (χ0v) is 10.4. The number of halogens is 1. The van der Waals surface area contributed by atoms with Crippen molar-refractivity contribution < 1.29 is 9.90 Å². The van der Waals surface area contributed by atoms with Crippen LogP contribution in [-0.4, -0.2) is 17.0 Å². The van der Waals surface area contributed by atoms with Crippen molar-refractivity contribution in [3.63, 3.8) is 0 Å². The van der Waals surface area contributed by atoms with E-state index in [-0.39, 0.29) is 5.78 Å². The molecule has 2 rings (SSSR count). The highest BCUT2D eigenvalue weighted by molar-refractivity contribution is 9.10. The first-order chi connectivity index (χ1) is 7.68. The summed E-state index contributed by atoms with van der Waals surface area (Å²) in [6.07, 6.45) is 3.80. The van der Waals surface area contributed by atoms with Crippen molar-refractivity contribution >= 4 is 21.7 Å². The molecule has 1 N–H and O–H groups in total. The molecule has 0 heterocycles. The number of aliphatic hydroxyl groups is 1. The zero-order valence-electron chi connectivity index (χ0n) is 8.82. The van der Waals surface area contributed by atoms with Crippen molar-refractivity contribution in [1.82, 2.24) is 0 Å². The first-order valence-corrected chi connectivity index (χ1v) is 6.16. The highest BCUT2D eigenvalue weighted by Crippen LogP contribution is 2.22. The lowest BCUT2D eigenvalue weighted by Crippen LogP contribution is -2.20. The molecule has 84 valence electrons. The van der Waals surface area contributed by atoms with Gasteiger partial charge in [-0.1, -0.05) is 22.0 Å². The Morgan fingerprint density at radius 2 is 2.00 bits per heavy atom. The molecule has 0 aromatic heterocycles. The lowest BCUT2D eigenvalue weighted by molar-refractivity contribution is 0.0975. The summed E-state index contributed by atoms with van der Waals surface area (Å²) in [7, 11) is 0. The fourth-order valence-electron chi connectivity index (χ4n) is 1.87. The van der Waals surface area contributed by atoms with Crippen LogP contribution in [0.3, 0.4) is 0 Å². The molecule has 0 saturated heterocycles. The highest BCUT2D eigenvalue weighted by Gasteiger charge is 2.22. The highest BCUT2D eigenvalue weighted by atomic mass is 79.9. The van der Waals surface area contributed by atoms with Crippen LogP contribution < -0.4 is 0 Å². The number of benzene rings is 1. The van der Waals surface area contributed by atoms with Crippen molar-refractivity contribution in [2.45, 2.75) is 25.4 Å². The Labute approximate surface area is 103 Å². The monoisotopic (exact) mass is 280 g/mol. The van der Waals surface area contributed by atoms with Gasteiger partial charge in [0.15, 0.2) is 5.78 Å². The fraction of sp³-hybridized carbons (Fsp3) is 0.308. The van der Waals surface area contributed by atoms with Crippen LogP contribution in [-0.2, 0) is 0 Å². The number of aliphatic hydroxyl groups excluding tert-OH is 1. The summed E-state index contributed by atoms with van der Waals surface area (Å²) in [5.41, 5.74) is 1.18. The molecule has 16 heavy (non-hydrogen) atoms. The molecule has 1 aliphatic carbocycles. The topological polar surface area (TPSA) is 37.3 Å². The molecule has 0 fully saturated rings. The van der Waals surface area contributed by atoms with Gasteiger partial charge < -0.3 is 5.11 Å². The predicted octanol–water partition coefficient (Wildman–Crippen LogP) is 3.10. The van der Waals surface area contributed by atoms with Crippen molar-refractivity contribution in [2.75, 3.05) is 0 Å². The third-order valence-corrected chi connectivity index (χ3v) is 3.30. The maximum absolute atomic E-state index is 12.1. The Hall–Kier alpha value is -0.930. The number of hydrogen-bond acceptors (Lipinski definition) is 2. The van der Waals surface area contributed by atoms with Gasteiger partial charge in [-0.3, -0.25) is 4.79 Å². The van der Waals surface area contributed by atoms with Gasteiger partial charge in [0, 0.05) is 15.6 Å². The summed E-state index contributed by atoms with van der Waals surface area (Å²) in [4.78, 5) is 12.1. The average Bonchev–Trinajstić information content (AvgIpc) is 2.30. The van der Waals surface area contributed by atoms with E-state index in [0.717, 1.165) is 17.3 Å². The third-order valence-electron chi connectivity index (χ3n) is 2.77. The number of carbonyl (C=O) groups is 1. The van der Waals surface area contributed by atoms with E-state index in [1.807, 2.05) is 18.2 Å². The second-order valence-electron chi connectivity index (χ2n) is 3.94. The largest absolute Gasteiger partial charge is 0.388 e. The summed E-state index contributed by atoms with van der Waals surface area (Å²) in [5, 5.41) is 9.76. The SMILES string of the molecule is O=C(C1=CCCC[C@@H]1O)c1ccc(Br)cc1. The Morgan fingerprint density at radius 3 is 2.62 bits per heavy atom. The molecule has 0 spiro atoms. The second kappa shape index (κ2) is 4.93. The molecule has 0 unspecified atom stereocenters. The van der Waals surface area contributed by atoms with Crippen molar-refractivity contribution in [2.24, 2.45) is 0 Å². The van der Waals surface area contributed by atoms with Gasteiger partial charge >= 0.3 is 0 Å². The normalized spacial score (nSPS) is 20.4. The molecule has 0 saturated carbocycles. The molecule has 1 aromatic carbocycles. The molecule has 0 aliphatic heterocycles. The number of carbonyl (C=O) groups excluding carboxylic acids is 1. The van der Waals surface area contributed by atoms with E-state index in [1.165, 1.54) is 0 Å². The number of rotatable bonds is 2. The lowest BCUT2D eigenvalue weighted by atomic mass is 9.91. The van der Waals surface area contributed by atoms with Gasteiger partial charge in [0.2, 0.25) is 0 Å². The fourth-order valence-corrected chi connectivity index (χ4v) is 2.14. The number of hydrogen-bond donors (Lipinski definition) is 1. The Balaban J connectivity index is 2.24. The van der Waals surface area contributed by atoms with Gasteiger partial charge in [-0.05, 0) is 43.5 Å². The molecule has 0 radical (unpaired) electrons. The molecule has 1 aromatic rings. The molecule has 2 nitrogen and oxygen atoms in total. The minimum Gasteiger partial charge on any atom is -0.388 e. The number of allylic oxidation sites excluding steroid dienone is 1. The van der Waals surface area contributed by atoms with E-state index in [0.29, 0.717) is 17.6 Å². The summed E-state index contributed by atoms with van der Waals surface area (Å²) < 4.78 is 0.947. The predicted molar refractivity (Wildman–Crippen MR) is 66.4 cm³/mol. The van der Waals surface area contributed by atoms with E-state index in [9.17, 15) is 9.90 Å². The van der Waals surface area contributed by atoms with E-state index in [1.54, 1.807) is 12.1 Å². The van der Waals surface area contributed by atoms with Gasteiger partial charge in [-0.2, -0.15) is 0 Å². The first-order valence-electron chi connectivity index (χ1n) is 5.37. The minimum absolute atomic E-state index is 0.0558. The lowest BCUT2D eigenvalue weighted by Gasteiger charge is -2.18. The standard InChI is InChI=1S/C13H13BrO2/c14-10-7-5-9(6-8-10)13(16)11-3-1-2-4-12(11)15/h3,5-8,12,15H,1-2,4H2/t12-/m0/s1. The molecule has 1 aliphatic rings. The van der Waals surface area contributed by atoms with E-state index in [4.69, 9.17) is 0 Å². The molecule has 0 bridgehead atoms. The second-order valence-corrected chi connectivity index (χ2v) is 4.86. The number of Topliss-reactive ketones (excluding diaryl/α,β-unsaturated/α-hetero) is 1. The quantitative estimate of drug-likeness (QED) is 0.846. The van der Waals surface area contributed by atoms with Crippen molar-refractivity contribution in [3.8, 4) is 0 Å². The van der Waals surface area contributed by atoms with Crippen LogP contribution in [0.25, 0.3) is 0 Å². The van der Waals surface area contributed by atoms with Crippen LogP contribution in [0.1, 0.15) is 29.6 Å². The zero-order chi connectivity index (χ0) is 11.5. The molecular weight excluding hydrogens is 268 g/mol. The van der Waals surface area contributed by atoms with Crippen LogP contribution in [0.5, 0.6) is 0 Å². The van der Waals surface area contributed by atoms with Crippen molar-refractivity contribution in [1.29, 1.82) is 0 Å². The van der Waals surface area contributed by atoms with Crippen LogP contribution in [0.15, 0.2) is 40.4 Å². The van der Waals surface area contributed by atoms with E-state index in [2.05, 4.69) is 15.9 Å². The smallest absolute Gasteiger partial charge is 0.191 e. The average molecular weight is 281 g/mol. The van der Waals surface area contributed by atoms with Crippen LogP contribution in [0.4, 0.5) is 0 Å². The van der Waals surface area contributed by atoms with Gasteiger partial charge in [0.1, 0.15) is 0 Å². The van der Waals surface area contributed by atoms with Gasteiger partial charge in [-0.15, -0.1) is 0 Å². The molecular formula is C13H13BrO2. The van der Waals surface area contributed by atoms with Gasteiger partial charge in [-0.25, -0.2) is 0 Å².